The molecule has 0 saturated carbocycles. The SMILES string of the molecule is CCCCC/C=C\C/C=C\C/C=C\C/C=C\CCCC(=O)OC[C@H](COP(=O)(O)OC[C@@H](O)COP(=O)(O)OC[C@@H](COC(=O)CCCCCCC/C=C\C/C=C\CCCCC)OCCCCCCCCC/C=C\CCCCCCC=O)OC(=O)CCC/C=C\C/C=C\C/C=C\C/C=C\CCCCC. The van der Waals surface area contributed by atoms with E-state index in [1.54, 1.807) is 0 Å². The Morgan fingerprint density at radius 3 is 0.952 bits per heavy atom. The van der Waals surface area contributed by atoms with E-state index in [9.17, 15) is 43.2 Å². The summed E-state index contributed by atoms with van der Waals surface area (Å²) in [5, 5.41) is 10.7. The summed E-state index contributed by atoms with van der Waals surface area (Å²) in [5.41, 5.74) is 0. The van der Waals surface area contributed by atoms with E-state index in [4.69, 9.17) is 37.0 Å². The predicted molar refractivity (Wildman–Crippen MR) is 427 cm³/mol. The van der Waals surface area contributed by atoms with Gasteiger partial charge in [0.25, 0.3) is 0 Å². The maximum Gasteiger partial charge on any atom is 0.472 e. The van der Waals surface area contributed by atoms with Gasteiger partial charge in [0.05, 0.1) is 26.4 Å². The molecule has 0 fully saturated rings. The van der Waals surface area contributed by atoms with E-state index in [-0.39, 0.29) is 25.9 Å². The largest absolute Gasteiger partial charge is 0.472 e. The van der Waals surface area contributed by atoms with Gasteiger partial charge in [-0.2, -0.15) is 0 Å². The average molecular weight is 1500 g/mol. The number of carbonyl (C=O) groups excluding carboxylic acids is 4. The van der Waals surface area contributed by atoms with E-state index in [1.807, 2.05) is 24.3 Å². The third kappa shape index (κ3) is 77.0. The van der Waals surface area contributed by atoms with Crippen LogP contribution < -0.4 is 0 Å². The van der Waals surface area contributed by atoms with Crippen LogP contribution in [-0.4, -0.2) is 104 Å². The molecule has 0 aromatic carbocycles. The third-order valence-electron chi connectivity index (χ3n) is 16.6. The number of hydrogen-bond donors (Lipinski definition) is 3. The summed E-state index contributed by atoms with van der Waals surface area (Å²) < 4.78 is 69.2. The molecule has 0 radical (unpaired) electrons. The molecule has 0 heterocycles. The van der Waals surface area contributed by atoms with Crippen molar-refractivity contribution in [2.45, 2.75) is 334 Å². The molecule has 5 atom stereocenters. The van der Waals surface area contributed by atoms with Crippen molar-refractivity contribution in [1.29, 1.82) is 0 Å². The topological polar surface area (TPSA) is 237 Å². The molecule has 0 aliphatic heterocycles. The van der Waals surface area contributed by atoms with Gasteiger partial charge in [-0.05, 0) is 167 Å². The molecule has 0 aromatic rings. The monoisotopic (exact) mass is 1500 g/mol. The Labute approximate surface area is 631 Å². The number of aliphatic hydroxyl groups excluding tert-OH is 1. The molecular weight excluding hydrogens is 1350 g/mol. The lowest BCUT2D eigenvalue weighted by Gasteiger charge is -2.21. The first-order chi connectivity index (χ1) is 50.8. The average Bonchev–Trinajstić information content (AvgIpc) is 0.916. The molecule has 0 rings (SSSR count). The second-order valence-corrected chi connectivity index (χ2v) is 29.5. The van der Waals surface area contributed by atoms with Crippen LogP contribution in [0, 0.1) is 0 Å². The minimum absolute atomic E-state index is 0.0156. The number of hydrogen-bond acceptors (Lipinski definition) is 15. The molecule has 0 amide bonds. The molecule has 0 bridgehead atoms. The Morgan fingerprint density at radius 2 is 0.577 bits per heavy atom. The summed E-state index contributed by atoms with van der Waals surface area (Å²) in [4.78, 5) is 70.4. The fourth-order valence-electron chi connectivity index (χ4n) is 10.4. The summed E-state index contributed by atoms with van der Waals surface area (Å²) in [7, 11) is -9.85. The molecule has 0 spiro atoms. The van der Waals surface area contributed by atoms with Crippen LogP contribution in [0.15, 0.2) is 134 Å². The lowest BCUT2D eigenvalue weighted by Crippen LogP contribution is -2.30. The molecule has 3 N–H and O–H groups in total. The van der Waals surface area contributed by atoms with Gasteiger partial charge in [0, 0.05) is 32.3 Å². The molecule has 0 aromatic heterocycles. The van der Waals surface area contributed by atoms with E-state index < -0.39 is 84.9 Å². The molecule has 0 aliphatic rings. The molecule has 19 heteroatoms. The quantitative estimate of drug-likeness (QED) is 0.0128. The van der Waals surface area contributed by atoms with E-state index in [0.29, 0.717) is 51.6 Å². The molecule has 104 heavy (non-hydrogen) atoms. The Hall–Kier alpha value is -4.64. The maximum atomic E-state index is 13.1. The van der Waals surface area contributed by atoms with Gasteiger partial charge in [0.1, 0.15) is 31.7 Å². The Kier molecular flexibility index (Phi) is 74.5. The van der Waals surface area contributed by atoms with Crippen molar-refractivity contribution in [2.24, 2.45) is 0 Å². The highest BCUT2D eigenvalue weighted by Crippen LogP contribution is 2.45. The van der Waals surface area contributed by atoms with Gasteiger partial charge in [0.15, 0.2) is 6.10 Å². The van der Waals surface area contributed by atoms with Crippen molar-refractivity contribution < 1.29 is 80.2 Å². The highest BCUT2D eigenvalue weighted by atomic mass is 31.2. The first kappa shape index (κ1) is 99.4. The van der Waals surface area contributed by atoms with Crippen LogP contribution in [0.3, 0.4) is 0 Å². The Morgan fingerprint density at radius 1 is 0.308 bits per heavy atom. The van der Waals surface area contributed by atoms with Crippen LogP contribution in [0.25, 0.3) is 0 Å². The van der Waals surface area contributed by atoms with Crippen molar-refractivity contribution in [2.75, 3.05) is 46.2 Å². The van der Waals surface area contributed by atoms with Crippen LogP contribution in [0.2, 0.25) is 0 Å². The number of unbranched alkanes of at least 4 members (excludes halogenated alkanes) is 28. The van der Waals surface area contributed by atoms with Crippen molar-refractivity contribution in [3.63, 3.8) is 0 Å². The molecule has 0 saturated heterocycles. The van der Waals surface area contributed by atoms with Crippen LogP contribution >= 0.6 is 15.6 Å². The number of rotatable bonds is 77. The number of phosphoric ester groups is 2. The Balaban J connectivity index is 5.41. The van der Waals surface area contributed by atoms with Crippen molar-refractivity contribution in [1.82, 2.24) is 0 Å². The smallest absolute Gasteiger partial charge is 0.463 e. The first-order valence-corrected chi connectivity index (χ1v) is 43.4. The van der Waals surface area contributed by atoms with Crippen LogP contribution in [0.1, 0.15) is 316 Å². The molecule has 596 valence electrons. The van der Waals surface area contributed by atoms with Crippen LogP contribution in [-0.2, 0) is 65.4 Å². The zero-order chi connectivity index (χ0) is 75.9. The molecule has 0 aliphatic carbocycles. The maximum absolute atomic E-state index is 13.1. The fraction of sp³-hybridized carbons (Fsp3) is 0.694. The van der Waals surface area contributed by atoms with Crippen molar-refractivity contribution >= 4 is 39.8 Å². The number of esters is 3. The lowest BCUT2D eigenvalue weighted by molar-refractivity contribution is -0.161. The fourth-order valence-corrected chi connectivity index (χ4v) is 11.9. The number of phosphoric acid groups is 2. The summed E-state index contributed by atoms with van der Waals surface area (Å²) in [6.45, 7) is 3.30. The minimum atomic E-state index is -4.98. The zero-order valence-corrected chi connectivity index (χ0v) is 66.7. The molecule has 2 unspecified atom stereocenters. The van der Waals surface area contributed by atoms with Crippen molar-refractivity contribution in [3.8, 4) is 0 Å². The first-order valence-electron chi connectivity index (χ1n) is 40.4. The summed E-state index contributed by atoms with van der Waals surface area (Å²) in [6.07, 6.45) is 87.9. The number of ether oxygens (including phenoxy) is 4. The highest BCUT2D eigenvalue weighted by Gasteiger charge is 2.30. The number of allylic oxidation sites excluding steroid dienone is 22. The van der Waals surface area contributed by atoms with Gasteiger partial charge in [-0.3, -0.25) is 32.5 Å². The van der Waals surface area contributed by atoms with Gasteiger partial charge in [-0.15, -0.1) is 0 Å². The van der Waals surface area contributed by atoms with Gasteiger partial charge in [-0.25, -0.2) is 9.13 Å². The predicted octanol–water partition coefficient (Wildman–Crippen LogP) is 23.3. The second-order valence-electron chi connectivity index (χ2n) is 26.6. The number of aldehydes is 1. The Bertz CT molecular complexity index is 2460. The van der Waals surface area contributed by atoms with E-state index in [1.165, 1.54) is 57.8 Å². The molecule has 17 nitrogen and oxygen atoms in total. The molecular formula is C85H144O17P2. The van der Waals surface area contributed by atoms with Crippen molar-refractivity contribution in [3.05, 3.63) is 134 Å². The van der Waals surface area contributed by atoms with E-state index >= 15 is 0 Å². The van der Waals surface area contributed by atoms with E-state index in [2.05, 4.69) is 130 Å². The van der Waals surface area contributed by atoms with Gasteiger partial charge >= 0.3 is 33.6 Å². The summed E-state index contributed by atoms with van der Waals surface area (Å²) in [5.74, 6) is -1.61. The zero-order valence-electron chi connectivity index (χ0n) is 64.9. The van der Waals surface area contributed by atoms with Crippen LogP contribution in [0.4, 0.5) is 0 Å². The number of aliphatic hydroxyl groups is 1. The summed E-state index contributed by atoms with van der Waals surface area (Å²) >= 11 is 0. The van der Waals surface area contributed by atoms with Crippen LogP contribution in [0.5, 0.6) is 0 Å². The standard InChI is InChI=1S/C85H144O17P2/c1-4-7-10-13-16-19-22-25-28-30-35-40-45-50-55-60-65-70-84(89)97-77-82(102-85(90)71-66-61-56-51-46-41-36-31-29-26-23-20-17-14-11-8-5-2)79-101-104(93,94)99-75-80(87)74-98-103(91,92)100-78-81(95-73-68-63-58-53-48-43-38-33-32-37-42-47-52-57-62-67-72-86)76-96-83(88)69-64-59-54-49-44-39-34-27-24-21-18-15-12-9-6-3/h16-21,25-29,32,34-37,40-41,50-51,55-56,72,80-82,87H,4-15,22-24,30-31,33,38-39,42-49,52-54,57-71,73-79H2,1-3H3,(H,91,92)(H,93,94)/b19-16-,20-17-,21-18-,28-25-,29-26-,34-27-,37-32-,40-35-,41-36-,55-50-,56-51-/t80-,81+,82+/m0/s1. The van der Waals surface area contributed by atoms with Gasteiger partial charge in [0.2, 0.25) is 0 Å². The normalized spacial score (nSPS) is 14.6. The van der Waals surface area contributed by atoms with Gasteiger partial charge < -0.3 is 38.6 Å². The lowest BCUT2D eigenvalue weighted by atomic mass is 10.1. The second kappa shape index (κ2) is 78.0. The van der Waals surface area contributed by atoms with E-state index in [0.717, 1.165) is 180 Å². The third-order valence-corrected chi connectivity index (χ3v) is 18.5. The highest BCUT2D eigenvalue weighted by molar-refractivity contribution is 7.47. The van der Waals surface area contributed by atoms with Gasteiger partial charge in [-0.1, -0.05) is 257 Å². The minimum Gasteiger partial charge on any atom is -0.463 e. The summed E-state index contributed by atoms with van der Waals surface area (Å²) in [6, 6.07) is 0. The number of carbonyl (C=O) groups is 4.